The normalized spacial score (nSPS) is 42.9. The lowest BCUT2D eigenvalue weighted by Gasteiger charge is -2.48. The van der Waals surface area contributed by atoms with Crippen LogP contribution in [0.5, 0.6) is 0 Å². The molecule has 2 aliphatic carbocycles. The van der Waals surface area contributed by atoms with Crippen LogP contribution in [0.4, 0.5) is 0 Å². The molecule has 0 bridgehead atoms. The minimum absolute atomic E-state index is 0.0285. The van der Waals surface area contributed by atoms with Gasteiger partial charge in [-0.05, 0) is 58.2 Å². The molecular formula is C20H26N4O. The van der Waals surface area contributed by atoms with E-state index in [0.717, 1.165) is 18.9 Å². The van der Waals surface area contributed by atoms with Crippen LogP contribution in [0.25, 0.3) is 0 Å². The second-order valence-corrected chi connectivity index (χ2v) is 9.04. The maximum Gasteiger partial charge on any atom is 0.224 e. The SMILES string of the molecule is CC(C)(NC(=O)[C@H]1[C@@H]2CNC[C@@H]21)C1=NC=C2C=CC3(C)C=CN1C23C. The molecule has 3 aliphatic heterocycles. The van der Waals surface area contributed by atoms with Crippen LogP contribution in [0.1, 0.15) is 27.7 Å². The second-order valence-electron chi connectivity index (χ2n) is 9.04. The minimum Gasteiger partial charge on any atom is -0.344 e. The quantitative estimate of drug-likeness (QED) is 0.825. The summed E-state index contributed by atoms with van der Waals surface area (Å²) in [5, 5.41) is 6.64. The molecule has 5 heteroatoms. The van der Waals surface area contributed by atoms with Crippen LogP contribution in [0.2, 0.25) is 0 Å². The Morgan fingerprint density at radius 3 is 2.76 bits per heavy atom. The van der Waals surface area contributed by atoms with Gasteiger partial charge in [0, 0.05) is 23.7 Å². The van der Waals surface area contributed by atoms with E-state index in [2.05, 4.69) is 67.7 Å². The number of hydrogen-bond acceptors (Lipinski definition) is 4. The van der Waals surface area contributed by atoms with E-state index >= 15 is 0 Å². The fraction of sp³-hybridized carbons (Fsp3) is 0.600. The number of fused-ring (bicyclic) bond motifs is 1. The summed E-state index contributed by atoms with van der Waals surface area (Å²) in [4.78, 5) is 19.8. The van der Waals surface area contributed by atoms with Gasteiger partial charge >= 0.3 is 0 Å². The zero-order valence-electron chi connectivity index (χ0n) is 15.3. The van der Waals surface area contributed by atoms with Gasteiger partial charge in [0.2, 0.25) is 5.91 Å². The molecule has 0 aromatic rings. The molecule has 1 saturated carbocycles. The first-order chi connectivity index (χ1) is 11.8. The highest BCUT2D eigenvalue weighted by molar-refractivity contribution is 5.99. The molecule has 0 aromatic heterocycles. The van der Waals surface area contributed by atoms with Crippen LogP contribution in [-0.2, 0) is 4.79 Å². The molecule has 0 radical (unpaired) electrons. The summed E-state index contributed by atoms with van der Waals surface area (Å²) >= 11 is 0. The average Bonchev–Trinajstić information content (AvgIpc) is 2.80. The number of rotatable bonds is 3. The van der Waals surface area contributed by atoms with Crippen LogP contribution >= 0.6 is 0 Å². The largest absolute Gasteiger partial charge is 0.344 e. The molecule has 5 nitrogen and oxygen atoms in total. The van der Waals surface area contributed by atoms with Crippen molar-refractivity contribution in [2.24, 2.45) is 28.2 Å². The molecule has 1 amide bonds. The third-order valence-corrected chi connectivity index (χ3v) is 7.22. The minimum atomic E-state index is -0.509. The molecule has 5 aliphatic rings. The summed E-state index contributed by atoms with van der Waals surface area (Å²) in [6, 6.07) is 0. The predicted molar refractivity (Wildman–Crippen MR) is 97.7 cm³/mol. The third-order valence-electron chi connectivity index (χ3n) is 7.22. The fourth-order valence-electron chi connectivity index (χ4n) is 5.25. The van der Waals surface area contributed by atoms with E-state index in [-0.39, 0.29) is 22.8 Å². The number of aliphatic imine (C=N–C) groups is 1. The van der Waals surface area contributed by atoms with Gasteiger partial charge < -0.3 is 15.5 Å². The van der Waals surface area contributed by atoms with Gasteiger partial charge in [0.25, 0.3) is 0 Å². The Hall–Kier alpha value is -1.88. The van der Waals surface area contributed by atoms with Crippen LogP contribution in [0.3, 0.4) is 0 Å². The summed E-state index contributed by atoms with van der Waals surface area (Å²) in [5.74, 6) is 2.34. The van der Waals surface area contributed by atoms with Gasteiger partial charge in [-0.25, -0.2) is 4.99 Å². The van der Waals surface area contributed by atoms with Gasteiger partial charge in [0.05, 0.1) is 11.1 Å². The molecule has 132 valence electrons. The Bertz CT molecular complexity index is 782. The van der Waals surface area contributed by atoms with Gasteiger partial charge in [-0.15, -0.1) is 0 Å². The lowest BCUT2D eigenvalue weighted by molar-refractivity contribution is -0.124. The van der Waals surface area contributed by atoms with Gasteiger partial charge in [0.1, 0.15) is 5.84 Å². The lowest BCUT2D eigenvalue weighted by atomic mass is 9.73. The first-order valence-corrected chi connectivity index (χ1v) is 9.27. The molecule has 2 fully saturated rings. The standard InChI is InChI=1S/C20H26N4O/c1-18(2,23-16(25)15-13-10-21-11-14(13)15)17-22-9-12-5-6-19(3)7-8-24(17)20(12,19)4/h5-9,13-15,21H,10-11H2,1-4H3,(H,23,25)/t13-,14+,15+,19?,20?. The maximum atomic E-state index is 12.8. The predicted octanol–water partition coefficient (Wildman–Crippen LogP) is 1.81. The third kappa shape index (κ3) is 1.77. The maximum absolute atomic E-state index is 12.8. The Labute approximate surface area is 148 Å². The van der Waals surface area contributed by atoms with E-state index in [1.807, 2.05) is 6.20 Å². The van der Waals surface area contributed by atoms with E-state index in [9.17, 15) is 4.79 Å². The van der Waals surface area contributed by atoms with Gasteiger partial charge in [-0.1, -0.05) is 18.2 Å². The Morgan fingerprint density at radius 1 is 1.32 bits per heavy atom. The molecule has 3 heterocycles. The summed E-state index contributed by atoms with van der Waals surface area (Å²) in [6.07, 6.45) is 10.8. The first-order valence-electron chi connectivity index (χ1n) is 9.27. The van der Waals surface area contributed by atoms with Gasteiger partial charge in [0.15, 0.2) is 0 Å². The Kier molecular flexibility index (Phi) is 2.73. The van der Waals surface area contributed by atoms with Crippen LogP contribution < -0.4 is 10.6 Å². The summed E-state index contributed by atoms with van der Waals surface area (Å²) < 4.78 is 0. The van der Waals surface area contributed by atoms with Crippen LogP contribution in [0, 0.1) is 23.2 Å². The van der Waals surface area contributed by atoms with Gasteiger partial charge in [-0.3, -0.25) is 4.79 Å². The fourth-order valence-corrected chi connectivity index (χ4v) is 5.25. The van der Waals surface area contributed by atoms with Crippen molar-refractivity contribution in [2.45, 2.75) is 38.8 Å². The Balaban J connectivity index is 1.42. The number of carbonyl (C=O) groups is 1. The highest BCUT2D eigenvalue weighted by Gasteiger charge is 2.60. The van der Waals surface area contributed by atoms with Crippen LogP contribution in [-0.4, -0.2) is 40.8 Å². The molecule has 2 unspecified atom stereocenters. The summed E-state index contributed by atoms with van der Waals surface area (Å²) in [7, 11) is 0. The molecule has 25 heavy (non-hydrogen) atoms. The topological polar surface area (TPSA) is 56.7 Å². The molecule has 0 spiro atoms. The van der Waals surface area contributed by atoms with Crippen molar-refractivity contribution >= 4 is 11.7 Å². The van der Waals surface area contributed by atoms with Gasteiger partial charge in [-0.2, -0.15) is 0 Å². The number of nitrogens with zero attached hydrogens (tertiary/aromatic N) is 2. The Morgan fingerprint density at radius 2 is 2.04 bits per heavy atom. The molecule has 5 rings (SSSR count). The van der Waals surface area contributed by atoms with E-state index in [1.165, 1.54) is 5.57 Å². The molecule has 0 aromatic carbocycles. The second kappa shape index (κ2) is 4.44. The van der Waals surface area contributed by atoms with Crippen molar-refractivity contribution < 1.29 is 4.79 Å². The van der Waals surface area contributed by atoms with Crippen molar-refractivity contribution in [3.8, 4) is 0 Å². The number of amidine groups is 1. The number of carbonyl (C=O) groups excluding carboxylic acids is 1. The zero-order valence-corrected chi connectivity index (χ0v) is 15.3. The number of amides is 1. The summed E-state index contributed by atoms with van der Waals surface area (Å²) in [6.45, 7) is 10.6. The van der Waals surface area contributed by atoms with E-state index in [1.54, 1.807) is 0 Å². The monoisotopic (exact) mass is 338 g/mol. The average molecular weight is 338 g/mol. The van der Waals surface area contributed by atoms with E-state index in [0.29, 0.717) is 11.8 Å². The van der Waals surface area contributed by atoms with Crippen molar-refractivity contribution in [1.82, 2.24) is 15.5 Å². The van der Waals surface area contributed by atoms with Crippen molar-refractivity contribution in [3.05, 3.63) is 36.2 Å². The zero-order chi connectivity index (χ0) is 17.6. The van der Waals surface area contributed by atoms with Crippen molar-refractivity contribution in [1.29, 1.82) is 0 Å². The molecule has 1 saturated heterocycles. The number of hydrogen-bond donors (Lipinski definition) is 2. The van der Waals surface area contributed by atoms with Crippen molar-refractivity contribution in [3.63, 3.8) is 0 Å². The van der Waals surface area contributed by atoms with Crippen molar-refractivity contribution in [2.75, 3.05) is 13.1 Å². The van der Waals surface area contributed by atoms with E-state index in [4.69, 9.17) is 4.99 Å². The molecule has 2 N–H and O–H groups in total. The van der Waals surface area contributed by atoms with Crippen LogP contribution in [0.15, 0.2) is 41.2 Å². The number of piperidine rings is 1. The summed E-state index contributed by atoms with van der Waals surface area (Å²) in [5.41, 5.74) is 0.546. The number of nitrogens with one attached hydrogen (secondary N) is 2. The smallest absolute Gasteiger partial charge is 0.224 e. The lowest BCUT2D eigenvalue weighted by Crippen LogP contribution is -2.62. The first kappa shape index (κ1) is 15.4. The van der Waals surface area contributed by atoms with E-state index < -0.39 is 5.54 Å². The highest BCUT2D eigenvalue weighted by Crippen LogP contribution is 2.55. The molecule has 5 atom stereocenters. The molecular weight excluding hydrogens is 312 g/mol. The highest BCUT2D eigenvalue weighted by atomic mass is 16.2.